The van der Waals surface area contributed by atoms with Crippen molar-refractivity contribution in [3.05, 3.63) is 62.5 Å². The first-order chi connectivity index (χ1) is 21.9. The highest BCUT2D eigenvalue weighted by Crippen LogP contribution is 2.39. The molecular formula is C32H43ClN6O6S. The highest BCUT2D eigenvalue weighted by molar-refractivity contribution is 7.15. The second-order valence-corrected chi connectivity index (χ2v) is 13.4. The molecule has 0 radical (unpaired) electrons. The number of hydrogen-bond acceptors (Lipinski definition) is 10. The molecule has 3 aromatic rings. The number of nitrogens with one attached hydrogen (secondary N) is 2. The lowest BCUT2D eigenvalue weighted by Gasteiger charge is -2.19. The van der Waals surface area contributed by atoms with Gasteiger partial charge < -0.3 is 29.6 Å². The number of fused-ring (bicyclic) bond motifs is 3. The minimum Gasteiger partial charge on any atom is -0.444 e. The number of amides is 2. The van der Waals surface area contributed by atoms with E-state index in [9.17, 15) is 9.59 Å². The molecule has 1 atom stereocenters. The number of ether oxygens (including phenoxy) is 4. The van der Waals surface area contributed by atoms with Crippen molar-refractivity contribution in [1.82, 2.24) is 25.4 Å². The van der Waals surface area contributed by atoms with Gasteiger partial charge in [0.15, 0.2) is 5.82 Å². The van der Waals surface area contributed by atoms with Gasteiger partial charge in [0.25, 0.3) is 0 Å². The number of hydrogen-bond donors (Lipinski definition) is 2. The molecule has 12 nitrogen and oxygen atoms in total. The van der Waals surface area contributed by atoms with Crippen LogP contribution in [0, 0.1) is 20.8 Å². The summed E-state index contributed by atoms with van der Waals surface area (Å²) in [6.07, 6.45) is -0.359. The highest BCUT2D eigenvalue weighted by Gasteiger charge is 2.32. The molecule has 1 aliphatic heterocycles. The first-order valence-corrected chi connectivity index (χ1v) is 16.5. The average Bonchev–Trinajstić information content (AvgIpc) is 3.46. The van der Waals surface area contributed by atoms with E-state index in [4.69, 9.17) is 35.5 Å². The summed E-state index contributed by atoms with van der Waals surface area (Å²) >= 11 is 7.86. The van der Waals surface area contributed by atoms with Crippen molar-refractivity contribution in [3.8, 4) is 5.00 Å². The van der Waals surface area contributed by atoms with Crippen LogP contribution < -0.4 is 10.6 Å². The van der Waals surface area contributed by atoms with Crippen LogP contribution in [0.5, 0.6) is 0 Å². The smallest absolute Gasteiger partial charge is 0.407 e. The lowest BCUT2D eigenvalue weighted by molar-refractivity contribution is -0.121. The number of nitrogens with zero attached hydrogens (tertiary/aromatic N) is 4. The van der Waals surface area contributed by atoms with Crippen molar-refractivity contribution >= 4 is 40.6 Å². The second-order valence-electron chi connectivity index (χ2n) is 11.7. The van der Waals surface area contributed by atoms with Crippen LogP contribution in [0.2, 0.25) is 5.02 Å². The zero-order valence-electron chi connectivity index (χ0n) is 27.3. The van der Waals surface area contributed by atoms with Gasteiger partial charge in [-0.3, -0.25) is 14.4 Å². The minimum absolute atomic E-state index is 0.110. The molecule has 2 N–H and O–H groups in total. The van der Waals surface area contributed by atoms with E-state index in [0.29, 0.717) is 63.6 Å². The van der Waals surface area contributed by atoms with Crippen molar-refractivity contribution in [2.75, 3.05) is 52.7 Å². The number of carbonyl (C=O) groups is 2. The van der Waals surface area contributed by atoms with Gasteiger partial charge in [-0.15, -0.1) is 21.5 Å². The molecule has 0 spiro atoms. The molecule has 0 saturated heterocycles. The van der Waals surface area contributed by atoms with Gasteiger partial charge in [0.1, 0.15) is 22.5 Å². The highest BCUT2D eigenvalue weighted by atomic mass is 35.5. The van der Waals surface area contributed by atoms with Crippen LogP contribution in [-0.2, 0) is 23.7 Å². The summed E-state index contributed by atoms with van der Waals surface area (Å²) < 4.78 is 23.7. The quantitative estimate of drug-likeness (QED) is 0.218. The number of aliphatic imine (C=N–C) groups is 1. The maximum atomic E-state index is 13.1. The molecule has 0 fully saturated rings. The van der Waals surface area contributed by atoms with Gasteiger partial charge in [0.2, 0.25) is 5.91 Å². The van der Waals surface area contributed by atoms with Crippen LogP contribution in [0.25, 0.3) is 5.00 Å². The lowest BCUT2D eigenvalue weighted by atomic mass is 9.99. The van der Waals surface area contributed by atoms with Gasteiger partial charge in [0, 0.05) is 34.1 Å². The third-order valence-electron chi connectivity index (χ3n) is 6.96. The summed E-state index contributed by atoms with van der Waals surface area (Å²) in [5, 5.41) is 16.0. The Bertz CT molecular complexity index is 1510. The third kappa shape index (κ3) is 9.82. The van der Waals surface area contributed by atoms with Crippen molar-refractivity contribution in [2.24, 2.45) is 4.99 Å². The van der Waals surface area contributed by atoms with Gasteiger partial charge in [-0.05, 0) is 59.2 Å². The second kappa shape index (κ2) is 16.5. The molecule has 3 heterocycles. The Morgan fingerprint density at radius 2 is 1.52 bits per heavy atom. The summed E-state index contributed by atoms with van der Waals surface area (Å²) in [5.41, 5.74) is 3.36. The van der Waals surface area contributed by atoms with E-state index in [-0.39, 0.29) is 12.3 Å². The normalized spacial score (nSPS) is 14.2. The fourth-order valence-electron chi connectivity index (χ4n) is 4.72. The molecule has 14 heteroatoms. The zero-order chi connectivity index (χ0) is 33.3. The molecule has 0 saturated carbocycles. The van der Waals surface area contributed by atoms with Gasteiger partial charge in [-0.25, -0.2) is 4.79 Å². The Morgan fingerprint density at radius 1 is 0.913 bits per heavy atom. The van der Waals surface area contributed by atoms with E-state index in [2.05, 4.69) is 34.7 Å². The summed E-state index contributed by atoms with van der Waals surface area (Å²) in [6, 6.07) is 7.07. The molecule has 1 aliphatic rings. The van der Waals surface area contributed by atoms with E-state index in [1.54, 1.807) is 11.3 Å². The summed E-state index contributed by atoms with van der Waals surface area (Å²) in [6.45, 7) is 14.5. The molecule has 46 heavy (non-hydrogen) atoms. The number of thiophene rings is 1. The largest absolute Gasteiger partial charge is 0.444 e. The maximum Gasteiger partial charge on any atom is 0.407 e. The van der Waals surface area contributed by atoms with Crippen LogP contribution >= 0.6 is 22.9 Å². The molecule has 0 unspecified atom stereocenters. The Kier molecular flexibility index (Phi) is 12.7. The van der Waals surface area contributed by atoms with Gasteiger partial charge in [0.05, 0.1) is 51.8 Å². The van der Waals surface area contributed by atoms with E-state index >= 15 is 0 Å². The van der Waals surface area contributed by atoms with Crippen LogP contribution in [-0.4, -0.2) is 90.8 Å². The van der Waals surface area contributed by atoms with Gasteiger partial charge in [-0.1, -0.05) is 23.7 Å². The number of aromatic nitrogens is 3. The number of carbonyl (C=O) groups excluding carboxylic acids is 2. The van der Waals surface area contributed by atoms with Gasteiger partial charge in [-0.2, -0.15) is 0 Å². The number of benzene rings is 1. The fourth-order valence-corrected chi connectivity index (χ4v) is 6.06. The molecule has 2 aromatic heterocycles. The van der Waals surface area contributed by atoms with Crippen molar-refractivity contribution in [2.45, 2.75) is 59.6 Å². The van der Waals surface area contributed by atoms with Crippen molar-refractivity contribution < 1.29 is 28.5 Å². The fraction of sp³-hybridized carbons (Fsp3) is 0.531. The average molecular weight is 675 g/mol. The zero-order valence-corrected chi connectivity index (χ0v) is 28.8. The summed E-state index contributed by atoms with van der Waals surface area (Å²) in [4.78, 5) is 31.0. The minimum atomic E-state index is -0.532. The summed E-state index contributed by atoms with van der Waals surface area (Å²) in [7, 11) is 0. The SMILES string of the molecule is Cc1sc2c(c1C)C(c1ccc(Cl)cc1)=N[C@@H](CC(=O)NCCOCCOCCOCCNC(=O)OC(C)(C)C)c1nnc(C)n1-2. The van der Waals surface area contributed by atoms with Crippen LogP contribution in [0.15, 0.2) is 29.3 Å². The molecule has 1 aromatic carbocycles. The van der Waals surface area contributed by atoms with Crippen molar-refractivity contribution in [3.63, 3.8) is 0 Å². The number of rotatable bonds is 15. The first-order valence-electron chi connectivity index (χ1n) is 15.3. The standard InChI is InChI=1S/C32H43ClN6O6S/c1-20-21(2)46-30-27(20)28(23-7-9-24(33)10-8-23)36-25(29-38-37-22(3)39(29)30)19-26(40)34-11-13-42-15-17-44-18-16-43-14-12-35-31(41)45-32(4,5)6/h7-10,25H,11-19H2,1-6H3,(H,34,40)(H,35,41)/t25-/m0/s1. The van der Waals surface area contributed by atoms with E-state index < -0.39 is 17.7 Å². The van der Waals surface area contributed by atoms with Crippen LogP contribution in [0.3, 0.4) is 0 Å². The lowest BCUT2D eigenvalue weighted by Crippen LogP contribution is -2.34. The van der Waals surface area contributed by atoms with Crippen LogP contribution in [0.1, 0.15) is 66.5 Å². The molecule has 250 valence electrons. The Balaban J connectivity index is 1.21. The number of alkyl carbamates (subject to hydrolysis) is 1. The van der Waals surface area contributed by atoms with Gasteiger partial charge >= 0.3 is 6.09 Å². The molecule has 4 rings (SSSR count). The van der Waals surface area contributed by atoms with Crippen LogP contribution in [0.4, 0.5) is 4.79 Å². The van der Waals surface area contributed by atoms with E-state index in [1.807, 2.05) is 56.5 Å². The molecule has 2 amide bonds. The predicted octanol–water partition coefficient (Wildman–Crippen LogP) is 4.88. The Hall–Kier alpha value is -3.36. The monoisotopic (exact) mass is 674 g/mol. The molecule has 0 bridgehead atoms. The summed E-state index contributed by atoms with van der Waals surface area (Å²) in [5.74, 6) is 1.22. The Morgan fingerprint density at radius 3 is 2.15 bits per heavy atom. The maximum absolute atomic E-state index is 13.1. The number of aryl methyl sites for hydroxylation is 2. The predicted molar refractivity (Wildman–Crippen MR) is 178 cm³/mol. The topological polar surface area (TPSA) is 138 Å². The molecular weight excluding hydrogens is 632 g/mol. The first kappa shape index (κ1) is 35.5. The third-order valence-corrected chi connectivity index (χ3v) is 8.41. The van der Waals surface area contributed by atoms with E-state index in [0.717, 1.165) is 33.2 Å². The molecule has 0 aliphatic carbocycles. The van der Waals surface area contributed by atoms with E-state index in [1.165, 1.54) is 4.88 Å². The van der Waals surface area contributed by atoms with Crippen molar-refractivity contribution in [1.29, 1.82) is 0 Å². The number of halogens is 1. The Labute approximate surface area is 278 Å².